The highest BCUT2D eigenvalue weighted by atomic mass is 19.1. The molecule has 0 radical (unpaired) electrons. The van der Waals surface area contributed by atoms with Crippen molar-refractivity contribution in [1.29, 1.82) is 0 Å². The first-order chi connectivity index (χ1) is 11.0. The van der Waals surface area contributed by atoms with Crippen LogP contribution in [0.25, 0.3) is 0 Å². The van der Waals surface area contributed by atoms with E-state index in [4.69, 9.17) is 4.74 Å². The molecule has 0 aliphatic carbocycles. The van der Waals surface area contributed by atoms with Crippen molar-refractivity contribution in [3.8, 4) is 0 Å². The van der Waals surface area contributed by atoms with Gasteiger partial charge in [-0.15, -0.1) is 0 Å². The number of ether oxygens (including phenoxy) is 1. The Bertz CT molecular complexity index is 634. The predicted molar refractivity (Wildman–Crippen MR) is 82.6 cm³/mol. The summed E-state index contributed by atoms with van der Waals surface area (Å²) in [5.41, 5.74) is 0.936. The van der Waals surface area contributed by atoms with Crippen LogP contribution in [-0.2, 0) is 9.53 Å². The van der Waals surface area contributed by atoms with E-state index in [-0.39, 0.29) is 29.8 Å². The molecule has 2 amide bonds. The maximum Gasteiger partial charge on any atom is 0.253 e. The first-order valence-electron chi connectivity index (χ1n) is 7.91. The SMILES string of the molecule is CC(=O)N1CCOC2CCN(C(=O)c3ccc(F)c(C)c3)CC21. The summed E-state index contributed by atoms with van der Waals surface area (Å²) in [4.78, 5) is 28.0. The van der Waals surface area contributed by atoms with Gasteiger partial charge in [0.05, 0.1) is 18.8 Å². The van der Waals surface area contributed by atoms with Gasteiger partial charge in [-0.2, -0.15) is 0 Å². The molecule has 23 heavy (non-hydrogen) atoms. The standard InChI is InChI=1S/C17H21FN2O3/c1-11-9-13(3-4-14(11)18)17(22)19-6-5-16-15(10-19)20(12(2)21)7-8-23-16/h3-4,9,15-16H,5-8,10H2,1-2H3. The third kappa shape index (κ3) is 3.08. The van der Waals surface area contributed by atoms with E-state index < -0.39 is 0 Å². The van der Waals surface area contributed by atoms with E-state index in [0.717, 1.165) is 0 Å². The van der Waals surface area contributed by atoms with E-state index in [0.29, 0.717) is 43.8 Å². The molecule has 2 aliphatic heterocycles. The molecule has 2 saturated heterocycles. The van der Waals surface area contributed by atoms with Gasteiger partial charge in [-0.3, -0.25) is 9.59 Å². The van der Waals surface area contributed by atoms with Gasteiger partial charge in [0.1, 0.15) is 5.82 Å². The summed E-state index contributed by atoms with van der Waals surface area (Å²) in [6, 6.07) is 4.31. The fourth-order valence-electron chi connectivity index (χ4n) is 3.41. The topological polar surface area (TPSA) is 49.9 Å². The Morgan fingerprint density at radius 1 is 1.30 bits per heavy atom. The number of morpholine rings is 1. The molecule has 0 aromatic heterocycles. The van der Waals surface area contributed by atoms with Crippen LogP contribution in [0.2, 0.25) is 0 Å². The lowest BCUT2D eigenvalue weighted by molar-refractivity contribution is -0.149. The van der Waals surface area contributed by atoms with Crippen LogP contribution in [-0.4, -0.2) is 60.0 Å². The third-order valence-corrected chi connectivity index (χ3v) is 4.68. The highest BCUT2D eigenvalue weighted by Crippen LogP contribution is 2.24. The van der Waals surface area contributed by atoms with Crippen LogP contribution in [0.3, 0.4) is 0 Å². The molecule has 1 aromatic rings. The quantitative estimate of drug-likeness (QED) is 0.790. The number of aryl methyl sites for hydroxylation is 1. The Labute approximate surface area is 135 Å². The van der Waals surface area contributed by atoms with Crippen molar-refractivity contribution in [2.24, 2.45) is 0 Å². The molecular formula is C17H21FN2O3. The van der Waals surface area contributed by atoms with Crippen molar-refractivity contribution in [2.45, 2.75) is 32.4 Å². The van der Waals surface area contributed by atoms with Crippen molar-refractivity contribution in [2.75, 3.05) is 26.2 Å². The summed E-state index contributed by atoms with van der Waals surface area (Å²) < 4.78 is 19.1. The highest BCUT2D eigenvalue weighted by Gasteiger charge is 2.39. The Morgan fingerprint density at radius 2 is 2.09 bits per heavy atom. The molecule has 2 heterocycles. The van der Waals surface area contributed by atoms with E-state index in [1.165, 1.54) is 12.1 Å². The number of amides is 2. The Morgan fingerprint density at radius 3 is 2.78 bits per heavy atom. The summed E-state index contributed by atoms with van der Waals surface area (Å²) >= 11 is 0. The van der Waals surface area contributed by atoms with Crippen LogP contribution < -0.4 is 0 Å². The number of fused-ring (bicyclic) bond motifs is 1. The van der Waals surface area contributed by atoms with Gasteiger partial charge in [0.2, 0.25) is 5.91 Å². The molecular weight excluding hydrogens is 299 g/mol. The average Bonchev–Trinajstić information content (AvgIpc) is 2.55. The first kappa shape index (κ1) is 15.9. The molecule has 1 aromatic carbocycles. The van der Waals surface area contributed by atoms with Crippen molar-refractivity contribution >= 4 is 11.8 Å². The summed E-state index contributed by atoms with van der Waals surface area (Å²) in [7, 11) is 0. The number of likely N-dealkylation sites (tertiary alicyclic amines) is 1. The Hall–Kier alpha value is -1.95. The fourth-order valence-corrected chi connectivity index (χ4v) is 3.41. The van der Waals surface area contributed by atoms with Crippen LogP contribution in [0.1, 0.15) is 29.3 Å². The minimum absolute atomic E-state index is 0.00773. The number of hydrogen-bond acceptors (Lipinski definition) is 3. The lowest BCUT2D eigenvalue weighted by Gasteiger charge is -2.46. The molecule has 6 heteroatoms. The molecule has 0 saturated carbocycles. The van der Waals surface area contributed by atoms with Gasteiger partial charge in [0.25, 0.3) is 5.91 Å². The Kier molecular flexibility index (Phi) is 4.35. The largest absolute Gasteiger partial charge is 0.374 e. The predicted octanol–water partition coefficient (Wildman–Crippen LogP) is 1.60. The second-order valence-corrected chi connectivity index (χ2v) is 6.19. The van der Waals surface area contributed by atoms with Gasteiger partial charge in [0, 0.05) is 32.1 Å². The summed E-state index contributed by atoms with van der Waals surface area (Å²) in [6.45, 7) is 5.35. The van der Waals surface area contributed by atoms with E-state index in [1.807, 2.05) is 0 Å². The van der Waals surface area contributed by atoms with E-state index >= 15 is 0 Å². The second-order valence-electron chi connectivity index (χ2n) is 6.19. The van der Waals surface area contributed by atoms with E-state index in [2.05, 4.69) is 0 Å². The van der Waals surface area contributed by atoms with E-state index in [1.54, 1.807) is 29.7 Å². The zero-order valence-corrected chi connectivity index (χ0v) is 13.4. The van der Waals surface area contributed by atoms with E-state index in [9.17, 15) is 14.0 Å². The molecule has 2 aliphatic rings. The van der Waals surface area contributed by atoms with Gasteiger partial charge in [0.15, 0.2) is 0 Å². The fraction of sp³-hybridized carbons (Fsp3) is 0.529. The highest BCUT2D eigenvalue weighted by molar-refractivity contribution is 5.94. The number of nitrogens with zero attached hydrogens (tertiary/aromatic N) is 2. The third-order valence-electron chi connectivity index (χ3n) is 4.68. The number of hydrogen-bond donors (Lipinski definition) is 0. The second kappa shape index (κ2) is 6.28. The molecule has 0 spiro atoms. The van der Waals surface area contributed by atoms with Gasteiger partial charge in [-0.05, 0) is 37.1 Å². The molecule has 2 atom stereocenters. The number of rotatable bonds is 1. The number of benzene rings is 1. The van der Waals surface area contributed by atoms with Crippen LogP contribution >= 0.6 is 0 Å². The summed E-state index contributed by atoms with van der Waals surface area (Å²) in [6.07, 6.45) is 0.701. The maximum atomic E-state index is 13.4. The summed E-state index contributed by atoms with van der Waals surface area (Å²) in [5.74, 6) is -0.431. The molecule has 3 rings (SSSR count). The lowest BCUT2D eigenvalue weighted by atomic mass is 9.97. The van der Waals surface area contributed by atoms with Gasteiger partial charge in [-0.1, -0.05) is 0 Å². The molecule has 2 unspecified atom stereocenters. The number of halogens is 1. The number of carbonyl (C=O) groups is 2. The van der Waals surface area contributed by atoms with Gasteiger partial charge in [-0.25, -0.2) is 4.39 Å². The maximum absolute atomic E-state index is 13.4. The minimum atomic E-state index is -0.316. The smallest absolute Gasteiger partial charge is 0.253 e. The zero-order valence-electron chi connectivity index (χ0n) is 13.4. The monoisotopic (exact) mass is 320 g/mol. The molecule has 0 bridgehead atoms. The summed E-state index contributed by atoms with van der Waals surface area (Å²) in [5, 5.41) is 0. The van der Waals surface area contributed by atoms with Crippen LogP contribution in [0, 0.1) is 12.7 Å². The van der Waals surface area contributed by atoms with Crippen LogP contribution in [0.4, 0.5) is 4.39 Å². The molecule has 5 nitrogen and oxygen atoms in total. The minimum Gasteiger partial charge on any atom is -0.374 e. The number of piperidine rings is 1. The lowest BCUT2D eigenvalue weighted by Crippen LogP contribution is -2.61. The average molecular weight is 320 g/mol. The molecule has 0 N–H and O–H groups in total. The van der Waals surface area contributed by atoms with Crippen molar-refractivity contribution in [3.05, 3.63) is 35.1 Å². The molecule has 2 fully saturated rings. The van der Waals surface area contributed by atoms with Crippen molar-refractivity contribution in [3.63, 3.8) is 0 Å². The van der Waals surface area contributed by atoms with Gasteiger partial charge >= 0.3 is 0 Å². The Balaban J connectivity index is 1.77. The van der Waals surface area contributed by atoms with Crippen molar-refractivity contribution < 1.29 is 18.7 Å². The van der Waals surface area contributed by atoms with Crippen LogP contribution in [0.15, 0.2) is 18.2 Å². The molecule has 124 valence electrons. The zero-order chi connectivity index (χ0) is 16.6. The van der Waals surface area contributed by atoms with Crippen molar-refractivity contribution in [1.82, 2.24) is 9.80 Å². The van der Waals surface area contributed by atoms with Gasteiger partial charge < -0.3 is 14.5 Å². The normalized spacial score (nSPS) is 24.3. The first-order valence-corrected chi connectivity index (χ1v) is 7.91. The van der Waals surface area contributed by atoms with Crippen LogP contribution in [0.5, 0.6) is 0 Å². The number of carbonyl (C=O) groups excluding carboxylic acids is 2.